The zero-order valence-electron chi connectivity index (χ0n) is 22.3. The number of hydrogen-bond donors (Lipinski definition) is 2. The standard InChI is InChI=1S/C30H26F2N4O4S2/c31-23-10-9-21(15-20(23)3-1-2-17-4-5-17)28-22(12-19-8-11-27(24(32)13-19)42(33,39)40)26(14-18-6-7-18)36(35-28)30-34-25(16-41-30)29(37)38/h8-11,13,15-18H,2,4-7,12,14H2,(H,37,38)(H2,33,39,40). The SMILES string of the molecule is NS(=O)(=O)c1ccc(Cc2c(-c3ccc(F)c(C#CCC4CC4)c3)nn(-c3nc(C(=O)O)cs3)c2CC2CC2)cc1F. The minimum atomic E-state index is -4.24. The van der Waals surface area contributed by atoms with E-state index in [0.717, 1.165) is 60.4 Å². The predicted octanol–water partition coefficient (Wildman–Crippen LogP) is 5.31. The minimum absolute atomic E-state index is 0.110. The first-order valence-electron chi connectivity index (χ1n) is 13.5. The number of sulfonamides is 1. The molecule has 8 nitrogen and oxygen atoms in total. The van der Waals surface area contributed by atoms with Crippen molar-refractivity contribution >= 4 is 27.3 Å². The number of rotatable bonds is 9. The van der Waals surface area contributed by atoms with Gasteiger partial charge in [-0.25, -0.2) is 36.8 Å². The maximum Gasteiger partial charge on any atom is 0.355 e. The van der Waals surface area contributed by atoms with Crippen LogP contribution in [0.25, 0.3) is 16.4 Å². The highest BCUT2D eigenvalue weighted by Gasteiger charge is 2.30. The first kappa shape index (κ1) is 28.2. The van der Waals surface area contributed by atoms with E-state index in [1.165, 1.54) is 17.5 Å². The predicted molar refractivity (Wildman–Crippen MR) is 153 cm³/mol. The first-order valence-corrected chi connectivity index (χ1v) is 15.9. The summed E-state index contributed by atoms with van der Waals surface area (Å²) >= 11 is 1.13. The highest BCUT2D eigenvalue weighted by Crippen LogP contribution is 2.38. The maximum atomic E-state index is 14.8. The van der Waals surface area contributed by atoms with Gasteiger partial charge >= 0.3 is 5.97 Å². The summed E-state index contributed by atoms with van der Waals surface area (Å²) in [6.45, 7) is 0. The summed E-state index contributed by atoms with van der Waals surface area (Å²) in [5.41, 5.74) is 3.20. The molecule has 2 aromatic heterocycles. The van der Waals surface area contributed by atoms with Crippen molar-refractivity contribution in [3.05, 3.63) is 81.5 Å². The molecule has 2 fully saturated rings. The van der Waals surface area contributed by atoms with Crippen LogP contribution in [0, 0.1) is 35.3 Å². The van der Waals surface area contributed by atoms with Crippen LogP contribution in [0.5, 0.6) is 0 Å². The highest BCUT2D eigenvalue weighted by atomic mass is 32.2. The zero-order chi connectivity index (χ0) is 29.6. The Bertz CT molecular complexity index is 1880. The van der Waals surface area contributed by atoms with E-state index in [9.17, 15) is 27.1 Å². The van der Waals surface area contributed by atoms with Gasteiger partial charge in [0.1, 0.15) is 16.5 Å². The van der Waals surface area contributed by atoms with Crippen molar-refractivity contribution in [2.75, 3.05) is 0 Å². The van der Waals surface area contributed by atoms with E-state index in [4.69, 9.17) is 10.2 Å². The molecule has 216 valence electrons. The zero-order valence-corrected chi connectivity index (χ0v) is 23.9. The summed E-state index contributed by atoms with van der Waals surface area (Å²) in [6.07, 6.45) is 5.83. The van der Waals surface area contributed by atoms with Gasteiger partial charge in [-0.2, -0.15) is 5.10 Å². The molecule has 0 saturated heterocycles. The Hall–Kier alpha value is -3.92. The number of thiazole rings is 1. The van der Waals surface area contributed by atoms with Crippen LogP contribution in [0.4, 0.5) is 8.78 Å². The van der Waals surface area contributed by atoms with Crippen LogP contribution in [0.1, 0.15) is 65.0 Å². The third kappa shape index (κ3) is 6.13. The molecule has 6 rings (SSSR count). The van der Waals surface area contributed by atoms with Crippen molar-refractivity contribution in [3.63, 3.8) is 0 Å². The summed E-state index contributed by atoms with van der Waals surface area (Å²) in [4.78, 5) is 15.2. The average molecular weight is 609 g/mol. The van der Waals surface area contributed by atoms with Crippen molar-refractivity contribution in [2.45, 2.75) is 49.8 Å². The number of carboxylic acids is 1. The van der Waals surface area contributed by atoms with Gasteiger partial charge in [0.05, 0.1) is 17.0 Å². The Morgan fingerprint density at radius 1 is 1.10 bits per heavy atom. The molecule has 2 aliphatic carbocycles. The molecular formula is C30H26F2N4O4S2. The number of primary sulfonamides is 1. The molecule has 0 bridgehead atoms. The highest BCUT2D eigenvalue weighted by molar-refractivity contribution is 7.89. The molecule has 0 atom stereocenters. The molecule has 0 unspecified atom stereocenters. The van der Waals surface area contributed by atoms with E-state index < -0.39 is 32.5 Å². The van der Waals surface area contributed by atoms with E-state index in [1.54, 1.807) is 16.8 Å². The fourth-order valence-corrected chi connectivity index (χ4v) is 6.16. The number of benzene rings is 2. The number of nitrogens with zero attached hydrogens (tertiary/aromatic N) is 3. The third-order valence-electron chi connectivity index (χ3n) is 7.40. The molecule has 3 N–H and O–H groups in total. The largest absolute Gasteiger partial charge is 0.476 e. The molecule has 4 aromatic rings. The molecule has 42 heavy (non-hydrogen) atoms. The van der Waals surface area contributed by atoms with E-state index in [2.05, 4.69) is 16.8 Å². The molecule has 2 aliphatic rings. The fourth-order valence-electron chi connectivity index (χ4n) is 4.80. The second kappa shape index (κ2) is 11.1. The molecule has 0 aliphatic heterocycles. The molecule has 0 radical (unpaired) electrons. The van der Waals surface area contributed by atoms with Crippen LogP contribution < -0.4 is 5.14 Å². The van der Waals surface area contributed by atoms with Gasteiger partial charge in [-0.15, -0.1) is 11.3 Å². The topological polar surface area (TPSA) is 128 Å². The van der Waals surface area contributed by atoms with Gasteiger partial charge in [0, 0.05) is 29.3 Å². The van der Waals surface area contributed by atoms with Crippen LogP contribution in [-0.2, 0) is 22.9 Å². The van der Waals surface area contributed by atoms with Crippen LogP contribution in [0.2, 0.25) is 0 Å². The van der Waals surface area contributed by atoms with Crippen molar-refractivity contribution < 1.29 is 27.1 Å². The van der Waals surface area contributed by atoms with Gasteiger partial charge in [-0.1, -0.05) is 17.9 Å². The van der Waals surface area contributed by atoms with Gasteiger partial charge in [-0.3, -0.25) is 0 Å². The normalized spacial score (nSPS) is 14.9. The molecular weight excluding hydrogens is 582 g/mol. The van der Waals surface area contributed by atoms with Crippen molar-refractivity contribution in [1.29, 1.82) is 0 Å². The monoisotopic (exact) mass is 608 g/mol. The quantitative estimate of drug-likeness (QED) is 0.248. The van der Waals surface area contributed by atoms with Gasteiger partial charge in [-0.05, 0) is 79.8 Å². The van der Waals surface area contributed by atoms with Crippen molar-refractivity contribution in [3.8, 4) is 28.2 Å². The Kier molecular flexibility index (Phi) is 7.43. The summed E-state index contributed by atoms with van der Waals surface area (Å²) in [5, 5.41) is 21.3. The van der Waals surface area contributed by atoms with E-state index in [1.807, 2.05) is 0 Å². The molecule has 2 heterocycles. The summed E-state index contributed by atoms with van der Waals surface area (Å²) in [6, 6.07) is 8.35. The Morgan fingerprint density at radius 2 is 1.86 bits per heavy atom. The molecule has 2 saturated carbocycles. The van der Waals surface area contributed by atoms with Crippen LogP contribution in [0.3, 0.4) is 0 Å². The van der Waals surface area contributed by atoms with E-state index in [0.29, 0.717) is 46.6 Å². The maximum absolute atomic E-state index is 14.8. The number of aromatic carboxylic acids is 1. The molecule has 0 spiro atoms. The van der Waals surface area contributed by atoms with Gasteiger partial charge < -0.3 is 5.11 Å². The molecule has 12 heteroatoms. The Balaban J connectivity index is 1.49. The summed E-state index contributed by atoms with van der Waals surface area (Å²) in [5.74, 6) is 4.41. The molecule has 0 amide bonds. The second-order valence-electron chi connectivity index (χ2n) is 10.8. The molecule has 2 aromatic carbocycles. The van der Waals surface area contributed by atoms with Crippen molar-refractivity contribution in [1.82, 2.24) is 14.8 Å². The lowest BCUT2D eigenvalue weighted by molar-refractivity contribution is 0.0691. The summed E-state index contributed by atoms with van der Waals surface area (Å²) < 4.78 is 54.7. The number of hydrogen-bond acceptors (Lipinski definition) is 6. The fraction of sp³-hybridized carbons (Fsp3) is 0.300. The second-order valence-corrected chi connectivity index (χ2v) is 13.2. The lowest BCUT2D eigenvalue weighted by Crippen LogP contribution is -2.14. The number of nitrogens with two attached hydrogens (primary N) is 1. The average Bonchev–Trinajstić information content (AvgIpc) is 3.85. The lowest BCUT2D eigenvalue weighted by Gasteiger charge is -2.10. The smallest absolute Gasteiger partial charge is 0.355 e. The Labute approximate surface area is 245 Å². The number of carbonyl (C=O) groups is 1. The van der Waals surface area contributed by atoms with Gasteiger partial charge in [0.2, 0.25) is 15.2 Å². The van der Waals surface area contributed by atoms with E-state index >= 15 is 0 Å². The van der Waals surface area contributed by atoms with E-state index in [-0.39, 0.29) is 17.7 Å². The third-order valence-corrected chi connectivity index (χ3v) is 9.16. The first-order chi connectivity index (χ1) is 20.1. The minimum Gasteiger partial charge on any atom is -0.476 e. The van der Waals surface area contributed by atoms with Crippen molar-refractivity contribution in [2.24, 2.45) is 17.0 Å². The van der Waals surface area contributed by atoms with Crippen LogP contribution >= 0.6 is 11.3 Å². The van der Waals surface area contributed by atoms with Crippen LogP contribution in [-0.4, -0.2) is 34.3 Å². The van der Waals surface area contributed by atoms with Gasteiger partial charge in [0.15, 0.2) is 5.69 Å². The Morgan fingerprint density at radius 3 is 2.50 bits per heavy atom. The number of carboxylic acid groups (broad SMARTS) is 1. The number of halogens is 2. The lowest BCUT2D eigenvalue weighted by atomic mass is 9.96. The number of aromatic nitrogens is 3. The summed E-state index contributed by atoms with van der Waals surface area (Å²) in [7, 11) is -4.24. The van der Waals surface area contributed by atoms with Crippen LogP contribution in [0.15, 0.2) is 46.7 Å². The van der Waals surface area contributed by atoms with Gasteiger partial charge in [0.25, 0.3) is 0 Å².